The summed E-state index contributed by atoms with van der Waals surface area (Å²) in [5.41, 5.74) is -0.832. The number of nitrogens with zero attached hydrogens (tertiary/aromatic N) is 1. The summed E-state index contributed by atoms with van der Waals surface area (Å²) in [6.07, 6.45) is -0.244. The Kier molecular flexibility index (Phi) is 5.38. The summed E-state index contributed by atoms with van der Waals surface area (Å²) in [5, 5.41) is 30.0. The summed E-state index contributed by atoms with van der Waals surface area (Å²) in [6.45, 7) is 1.13. The molecule has 0 saturated heterocycles. The first kappa shape index (κ1) is 18.7. The minimum absolute atomic E-state index is 0.0522. The van der Waals surface area contributed by atoms with Crippen LogP contribution in [0.3, 0.4) is 0 Å². The van der Waals surface area contributed by atoms with Crippen molar-refractivity contribution in [2.24, 2.45) is 0 Å². The molecule has 0 unspecified atom stereocenters. The number of rotatable bonds is 6. The first-order valence-electron chi connectivity index (χ1n) is 7.63. The zero-order valence-corrected chi connectivity index (χ0v) is 13.9. The molecule has 0 aromatic heterocycles. The van der Waals surface area contributed by atoms with Crippen molar-refractivity contribution in [2.75, 3.05) is 0 Å². The van der Waals surface area contributed by atoms with Crippen molar-refractivity contribution in [3.63, 3.8) is 0 Å². The average molecular weight is 352 g/mol. The molecule has 0 heterocycles. The van der Waals surface area contributed by atoms with Crippen LogP contribution in [0.15, 0.2) is 48.5 Å². The van der Waals surface area contributed by atoms with Crippen molar-refractivity contribution in [2.45, 2.75) is 18.9 Å². The highest BCUT2D eigenvalue weighted by Gasteiger charge is 2.40. The fourth-order valence-corrected chi connectivity index (χ4v) is 2.45. The Bertz CT molecular complexity index is 882. The Morgan fingerprint density at radius 3 is 1.96 bits per heavy atom. The van der Waals surface area contributed by atoms with E-state index in [1.165, 1.54) is 48.5 Å². The maximum Gasteiger partial charge on any atom is 0.344 e. The van der Waals surface area contributed by atoms with Crippen LogP contribution < -0.4 is 5.32 Å². The highest BCUT2D eigenvalue weighted by Crippen LogP contribution is 2.18. The highest BCUT2D eigenvalue weighted by molar-refractivity contribution is 6.09. The molecule has 2 aromatic rings. The lowest BCUT2D eigenvalue weighted by Crippen LogP contribution is -2.54. The molecule has 1 atom stereocenters. The summed E-state index contributed by atoms with van der Waals surface area (Å²) in [5.74, 6) is -2.30. The van der Waals surface area contributed by atoms with Crippen molar-refractivity contribution in [3.8, 4) is 11.8 Å². The van der Waals surface area contributed by atoms with Crippen LogP contribution in [0, 0.1) is 11.3 Å². The van der Waals surface area contributed by atoms with E-state index in [1.54, 1.807) is 6.07 Å². The number of carboxylic acid groups (broad SMARTS) is 1. The van der Waals surface area contributed by atoms with E-state index in [4.69, 9.17) is 0 Å². The van der Waals surface area contributed by atoms with Gasteiger partial charge in [0.1, 0.15) is 11.8 Å². The number of nitrogens with one attached hydrogen (secondary N) is 1. The Balaban J connectivity index is 2.24. The zero-order valence-electron chi connectivity index (χ0n) is 13.9. The van der Waals surface area contributed by atoms with Gasteiger partial charge in [0.05, 0.1) is 0 Å². The third kappa shape index (κ3) is 4.05. The molecule has 2 rings (SSSR count). The maximum absolute atomic E-state index is 12.4. The molecule has 7 nitrogen and oxygen atoms in total. The average Bonchev–Trinajstić information content (AvgIpc) is 2.61. The van der Waals surface area contributed by atoms with Crippen LogP contribution in [-0.4, -0.2) is 33.4 Å². The van der Waals surface area contributed by atoms with E-state index < -0.39 is 17.4 Å². The summed E-state index contributed by atoms with van der Waals surface area (Å²) in [6, 6.07) is 13.5. The number of aromatic hydroxyl groups is 1. The number of hydrogen-bond donors (Lipinski definition) is 3. The molecule has 0 fully saturated rings. The van der Waals surface area contributed by atoms with Gasteiger partial charge < -0.3 is 15.5 Å². The summed E-state index contributed by atoms with van der Waals surface area (Å²) >= 11 is 0. The minimum atomic E-state index is -2.08. The van der Waals surface area contributed by atoms with Crippen molar-refractivity contribution in [1.29, 1.82) is 5.26 Å². The van der Waals surface area contributed by atoms with E-state index >= 15 is 0 Å². The van der Waals surface area contributed by atoms with Gasteiger partial charge in [-0.1, -0.05) is 24.3 Å². The molecule has 7 heteroatoms. The van der Waals surface area contributed by atoms with E-state index in [2.05, 4.69) is 5.32 Å². The van der Waals surface area contributed by atoms with Crippen LogP contribution in [0.25, 0.3) is 0 Å². The quantitative estimate of drug-likeness (QED) is 0.678. The summed E-state index contributed by atoms with van der Waals surface area (Å²) in [4.78, 5) is 35.1. The lowest BCUT2D eigenvalue weighted by molar-refractivity contribution is -0.144. The molecule has 0 spiro atoms. The van der Waals surface area contributed by atoms with Crippen molar-refractivity contribution in [1.82, 2.24) is 5.32 Å². The second-order valence-electron chi connectivity index (χ2n) is 5.75. The molecule has 26 heavy (non-hydrogen) atoms. The predicted octanol–water partition coefficient (Wildman–Crippen LogP) is 1.65. The Labute approximate surface area is 149 Å². The van der Waals surface area contributed by atoms with Gasteiger partial charge in [-0.25, -0.2) is 4.79 Å². The molecule has 0 saturated carbocycles. The lowest BCUT2D eigenvalue weighted by atomic mass is 9.91. The van der Waals surface area contributed by atoms with Crippen molar-refractivity contribution < 1.29 is 24.6 Å². The number of hydrogen-bond acceptors (Lipinski definition) is 5. The lowest BCUT2D eigenvalue weighted by Gasteiger charge is -2.22. The maximum atomic E-state index is 12.4. The topological polar surface area (TPSA) is 127 Å². The molecule has 0 radical (unpaired) electrons. The minimum Gasteiger partial charge on any atom is -0.508 e. The molecule has 1 amide bonds. The molecule has 0 aliphatic carbocycles. The van der Waals surface area contributed by atoms with Gasteiger partial charge >= 0.3 is 5.97 Å². The van der Waals surface area contributed by atoms with Gasteiger partial charge in [0.25, 0.3) is 0 Å². The second kappa shape index (κ2) is 7.49. The number of carbonyl (C=O) groups excluding carboxylic acids is 2. The number of nitriles is 1. The number of carboxylic acids is 1. The smallest absolute Gasteiger partial charge is 0.344 e. The van der Waals surface area contributed by atoms with E-state index in [1.807, 2.05) is 0 Å². The number of aliphatic carboxylic acids is 1. The number of ketones is 1. The van der Waals surface area contributed by atoms with Crippen molar-refractivity contribution in [3.05, 3.63) is 65.2 Å². The highest BCUT2D eigenvalue weighted by atomic mass is 16.4. The van der Waals surface area contributed by atoms with Gasteiger partial charge in [-0.2, -0.15) is 5.26 Å². The standard InChI is InChI=1S/C19H16N2O5/c1-12(22)21-19(11-20,18(25)26)10-13-2-4-14(5-3-13)17(24)15-6-8-16(23)9-7-15/h2-9,23H,10H2,1H3,(H,21,22)(H,25,26)/t19-/m0/s1. The first-order chi connectivity index (χ1) is 12.3. The largest absolute Gasteiger partial charge is 0.508 e. The molecule has 0 aliphatic rings. The monoisotopic (exact) mass is 352 g/mol. The van der Waals surface area contributed by atoms with Crippen LogP contribution in [0.2, 0.25) is 0 Å². The van der Waals surface area contributed by atoms with Gasteiger partial charge in [0, 0.05) is 24.5 Å². The SMILES string of the molecule is CC(=O)N[C@](C#N)(Cc1ccc(C(=O)c2ccc(O)cc2)cc1)C(=O)O. The molecule has 2 aromatic carbocycles. The molecule has 132 valence electrons. The third-order valence-corrected chi connectivity index (χ3v) is 3.76. The molecule has 0 bridgehead atoms. The Morgan fingerprint density at radius 1 is 1.04 bits per heavy atom. The van der Waals surface area contributed by atoms with Crippen LogP contribution in [0.4, 0.5) is 0 Å². The van der Waals surface area contributed by atoms with Gasteiger partial charge in [-0.3, -0.25) is 9.59 Å². The number of phenols is 1. The van der Waals surface area contributed by atoms with E-state index in [-0.39, 0.29) is 18.0 Å². The van der Waals surface area contributed by atoms with E-state index in [9.17, 15) is 29.9 Å². The fourth-order valence-electron chi connectivity index (χ4n) is 2.45. The van der Waals surface area contributed by atoms with Gasteiger partial charge in [-0.05, 0) is 29.8 Å². The molecule has 0 aliphatic heterocycles. The van der Waals surface area contributed by atoms with Gasteiger partial charge in [0.2, 0.25) is 11.4 Å². The number of amides is 1. The zero-order chi connectivity index (χ0) is 19.3. The molecule has 3 N–H and O–H groups in total. The molecular formula is C19H16N2O5. The van der Waals surface area contributed by atoms with Crippen LogP contribution in [0.1, 0.15) is 28.4 Å². The normalized spacial score (nSPS) is 12.5. The molecular weight excluding hydrogens is 336 g/mol. The second-order valence-corrected chi connectivity index (χ2v) is 5.75. The van der Waals surface area contributed by atoms with Crippen molar-refractivity contribution >= 4 is 17.7 Å². The Hall–Kier alpha value is -3.66. The van der Waals surface area contributed by atoms with Crippen LogP contribution in [0.5, 0.6) is 5.75 Å². The van der Waals surface area contributed by atoms with E-state index in [0.29, 0.717) is 16.7 Å². The third-order valence-electron chi connectivity index (χ3n) is 3.76. The first-order valence-corrected chi connectivity index (χ1v) is 7.63. The van der Waals surface area contributed by atoms with E-state index in [0.717, 1.165) is 6.92 Å². The fraction of sp³-hybridized carbons (Fsp3) is 0.158. The van der Waals surface area contributed by atoms with Gasteiger partial charge in [0.15, 0.2) is 5.78 Å². The number of carbonyl (C=O) groups is 3. The van der Waals surface area contributed by atoms with Crippen LogP contribution in [-0.2, 0) is 16.0 Å². The Morgan fingerprint density at radius 2 is 1.54 bits per heavy atom. The number of phenolic OH excluding ortho intramolecular Hbond substituents is 1. The number of benzene rings is 2. The predicted molar refractivity (Wildman–Crippen MR) is 91.5 cm³/mol. The summed E-state index contributed by atoms with van der Waals surface area (Å²) in [7, 11) is 0. The van der Waals surface area contributed by atoms with Gasteiger partial charge in [-0.15, -0.1) is 0 Å². The van der Waals surface area contributed by atoms with Crippen LogP contribution >= 0.6 is 0 Å². The summed E-state index contributed by atoms with van der Waals surface area (Å²) < 4.78 is 0.